The minimum Gasteiger partial charge on any atom is -0.481 e. The van der Waals surface area contributed by atoms with Crippen LogP contribution in [0.15, 0.2) is 18.3 Å². The Labute approximate surface area is 114 Å². The number of carbonyl (C=O) groups is 1. The maximum Gasteiger partial charge on any atom is 0.315 e. The summed E-state index contributed by atoms with van der Waals surface area (Å²) in [6.07, 6.45) is 3.47. The molecule has 0 unspecified atom stereocenters. The van der Waals surface area contributed by atoms with Gasteiger partial charge in [0, 0.05) is 24.3 Å². The van der Waals surface area contributed by atoms with E-state index < -0.39 is 0 Å². The van der Waals surface area contributed by atoms with E-state index in [1.165, 1.54) is 0 Å². The molecule has 5 nitrogen and oxygen atoms in total. The van der Waals surface area contributed by atoms with Gasteiger partial charge in [-0.3, -0.25) is 0 Å². The summed E-state index contributed by atoms with van der Waals surface area (Å²) >= 11 is 0. The molecule has 0 radical (unpaired) electrons. The predicted octanol–water partition coefficient (Wildman–Crippen LogP) is 2.47. The molecule has 0 spiro atoms. The average molecular weight is 265 g/mol. The number of hydrogen-bond donors (Lipinski definition) is 2. The fourth-order valence-corrected chi connectivity index (χ4v) is 1.60. The lowest BCUT2D eigenvalue weighted by atomic mass is 9.96. The molecule has 0 fully saturated rings. The molecule has 5 heteroatoms. The van der Waals surface area contributed by atoms with E-state index >= 15 is 0 Å². The number of carbonyl (C=O) groups excluding carboxylic acids is 1. The third-order valence-electron chi connectivity index (χ3n) is 3.44. The van der Waals surface area contributed by atoms with Gasteiger partial charge in [-0.1, -0.05) is 13.8 Å². The number of methoxy groups -OCH3 is 1. The van der Waals surface area contributed by atoms with Gasteiger partial charge in [0.2, 0.25) is 5.88 Å². The Kier molecular flexibility index (Phi) is 5.60. The van der Waals surface area contributed by atoms with Crippen LogP contribution in [-0.2, 0) is 6.54 Å². The van der Waals surface area contributed by atoms with E-state index in [0.29, 0.717) is 12.4 Å². The third kappa shape index (κ3) is 4.77. The molecular formula is C14H23N3O2. The van der Waals surface area contributed by atoms with Crippen molar-refractivity contribution in [2.45, 2.75) is 45.7 Å². The molecule has 2 N–H and O–H groups in total. The summed E-state index contributed by atoms with van der Waals surface area (Å²) in [7, 11) is 1.57. The summed E-state index contributed by atoms with van der Waals surface area (Å²) in [4.78, 5) is 15.9. The van der Waals surface area contributed by atoms with Gasteiger partial charge in [0.05, 0.1) is 7.11 Å². The highest BCUT2D eigenvalue weighted by Gasteiger charge is 2.21. The van der Waals surface area contributed by atoms with Crippen molar-refractivity contribution in [3.05, 3.63) is 23.9 Å². The fraction of sp³-hybridized carbons (Fsp3) is 0.571. The topological polar surface area (TPSA) is 63.2 Å². The second kappa shape index (κ2) is 6.97. The van der Waals surface area contributed by atoms with Crippen LogP contribution >= 0.6 is 0 Å². The lowest BCUT2D eigenvalue weighted by Gasteiger charge is -2.28. The van der Waals surface area contributed by atoms with Crippen LogP contribution in [0.3, 0.4) is 0 Å². The van der Waals surface area contributed by atoms with Crippen molar-refractivity contribution < 1.29 is 9.53 Å². The number of rotatable bonds is 6. The summed E-state index contributed by atoms with van der Waals surface area (Å²) < 4.78 is 5.04. The van der Waals surface area contributed by atoms with Crippen LogP contribution in [0.5, 0.6) is 5.88 Å². The molecule has 1 aromatic rings. The van der Waals surface area contributed by atoms with E-state index in [1.54, 1.807) is 19.4 Å². The van der Waals surface area contributed by atoms with Crippen molar-refractivity contribution in [1.82, 2.24) is 15.6 Å². The molecule has 0 aliphatic carbocycles. The van der Waals surface area contributed by atoms with Gasteiger partial charge in [0.1, 0.15) is 0 Å². The summed E-state index contributed by atoms with van der Waals surface area (Å²) in [6.45, 7) is 6.63. The van der Waals surface area contributed by atoms with Crippen LogP contribution in [0, 0.1) is 0 Å². The summed E-state index contributed by atoms with van der Waals surface area (Å²) in [5, 5.41) is 5.84. The van der Waals surface area contributed by atoms with Crippen molar-refractivity contribution in [2.75, 3.05) is 7.11 Å². The molecule has 1 aromatic heterocycles. The molecular weight excluding hydrogens is 242 g/mol. The second-order valence-electron chi connectivity index (χ2n) is 4.78. The SMILES string of the molecule is CCC(C)(CC)NC(=O)NCc1ccnc(OC)c1. The van der Waals surface area contributed by atoms with Crippen LogP contribution in [0.4, 0.5) is 4.79 Å². The molecule has 0 saturated heterocycles. The lowest BCUT2D eigenvalue weighted by Crippen LogP contribution is -2.49. The van der Waals surface area contributed by atoms with E-state index in [-0.39, 0.29) is 11.6 Å². The number of urea groups is 1. The Morgan fingerprint density at radius 1 is 1.42 bits per heavy atom. The molecule has 0 saturated carbocycles. The first kappa shape index (κ1) is 15.3. The number of pyridine rings is 1. The van der Waals surface area contributed by atoms with Crippen molar-refractivity contribution >= 4 is 6.03 Å². The zero-order valence-corrected chi connectivity index (χ0v) is 12.1. The highest BCUT2D eigenvalue weighted by atomic mass is 16.5. The van der Waals surface area contributed by atoms with Crippen LogP contribution in [0.1, 0.15) is 39.2 Å². The van der Waals surface area contributed by atoms with Gasteiger partial charge >= 0.3 is 6.03 Å². The molecule has 106 valence electrons. The molecule has 1 heterocycles. The molecule has 2 amide bonds. The zero-order chi connectivity index (χ0) is 14.3. The van der Waals surface area contributed by atoms with E-state index in [4.69, 9.17) is 4.74 Å². The Morgan fingerprint density at radius 3 is 2.68 bits per heavy atom. The van der Waals surface area contributed by atoms with Crippen LogP contribution in [0.25, 0.3) is 0 Å². The van der Waals surface area contributed by atoms with Gasteiger partial charge in [0.25, 0.3) is 0 Å². The molecule has 0 aliphatic heterocycles. The Hall–Kier alpha value is -1.78. The first-order valence-electron chi connectivity index (χ1n) is 6.58. The average Bonchev–Trinajstić information content (AvgIpc) is 2.45. The van der Waals surface area contributed by atoms with E-state index in [9.17, 15) is 4.79 Å². The number of nitrogens with zero attached hydrogens (tertiary/aromatic N) is 1. The first-order chi connectivity index (χ1) is 9.03. The Bertz CT molecular complexity index is 417. The normalized spacial score (nSPS) is 10.9. The molecule has 1 rings (SSSR count). The zero-order valence-electron chi connectivity index (χ0n) is 12.1. The lowest BCUT2D eigenvalue weighted by molar-refractivity contribution is 0.224. The van der Waals surface area contributed by atoms with Crippen molar-refractivity contribution in [2.24, 2.45) is 0 Å². The van der Waals surface area contributed by atoms with Gasteiger partial charge in [-0.25, -0.2) is 9.78 Å². The van der Waals surface area contributed by atoms with E-state index in [2.05, 4.69) is 29.5 Å². The van der Waals surface area contributed by atoms with Crippen molar-refractivity contribution in [1.29, 1.82) is 0 Å². The maximum atomic E-state index is 11.8. The second-order valence-corrected chi connectivity index (χ2v) is 4.78. The third-order valence-corrected chi connectivity index (χ3v) is 3.44. The van der Waals surface area contributed by atoms with Crippen LogP contribution in [-0.4, -0.2) is 23.7 Å². The minimum absolute atomic E-state index is 0.151. The standard InChI is InChI=1S/C14H23N3O2/c1-5-14(3,6-2)17-13(18)16-10-11-7-8-15-12(9-11)19-4/h7-9H,5-6,10H2,1-4H3,(H2,16,17,18). The monoisotopic (exact) mass is 265 g/mol. The van der Waals surface area contributed by atoms with Gasteiger partial charge < -0.3 is 15.4 Å². The highest BCUT2D eigenvalue weighted by Crippen LogP contribution is 2.13. The molecule has 0 aromatic carbocycles. The van der Waals surface area contributed by atoms with Gasteiger partial charge in [0.15, 0.2) is 0 Å². The number of hydrogen-bond acceptors (Lipinski definition) is 3. The summed E-state index contributed by atoms with van der Waals surface area (Å²) in [5.74, 6) is 0.548. The number of nitrogens with one attached hydrogen (secondary N) is 2. The predicted molar refractivity (Wildman–Crippen MR) is 75.1 cm³/mol. The van der Waals surface area contributed by atoms with Gasteiger partial charge in [-0.05, 0) is 31.4 Å². The Balaban J connectivity index is 2.50. The number of aromatic nitrogens is 1. The van der Waals surface area contributed by atoms with Crippen LogP contribution in [0.2, 0.25) is 0 Å². The summed E-state index contributed by atoms with van der Waals surface area (Å²) in [5.41, 5.74) is 0.803. The van der Waals surface area contributed by atoms with E-state index in [1.807, 2.05) is 13.0 Å². The Morgan fingerprint density at radius 2 is 2.11 bits per heavy atom. The van der Waals surface area contributed by atoms with Crippen LogP contribution < -0.4 is 15.4 Å². The molecule has 0 atom stereocenters. The summed E-state index contributed by atoms with van der Waals surface area (Å²) in [6, 6.07) is 3.50. The van der Waals surface area contributed by atoms with E-state index in [0.717, 1.165) is 18.4 Å². The maximum absolute atomic E-state index is 11.8. The number of amides is 2. The van der Waals surface area contributed by atoms with Crippen molar-refractivity contribution in [3.8, 4) is 5.88 Å². The molecule has 19 heavy (non-hydrogen) atoms. The quantitative estimate of drug-likeness (QED) is 0.830. The van der Waals surface area contributed by atoms with Crippen molar-refractivity contribution in [3.63, 3.8) is 0 Å². The molecule has 0 aliphatic rings. The molecule has 0 bridgehead atoms. The minimum atomic E-state index is -0.153. The fourth-order valence-electron chi connectivity index (χ4n) is 1.60. The van der Waals surface area contributed by atoms with Gasteiger partial charge in [-0.15, -0.1) is 0 Å². The highest BCUT2D eigenvalue weighted by molar-refractivity contribution is 5.74. The first-order valence-corrected chi connectivity index (χ1v) is 6.58. The smallest absolute Gasteiger partial charge is 0.315 e. The largest absolute Gasteiger partial charge is 0.481 e. The van der Waals surface area contributed by atoms with Gasteiger partial charge in [-0.2, -0.15) is 0 Å². The number of ether oxygens (including phenoxy) is 1.